The van der Waals surface area contributed by atoms with Gasteiger partial charge in [-0.15, -0.1) is 11.6 Å². The molecule has 82 valence electrons. The molecule has 0 unspecified atom stereocenters. The second kappa shape index (κ2) is 5.72. The highest BCUT2D eigenvalue weighted by Gasteiger charge is 2.00. The van der Waals surface area contributed by atoms with Crippen LogP contribution in [0.25, 0.3) is 0 Å². The lowest BCUT2D eigenvalue weighted by atomic mass is 10.0. The zero-order valence-corrected chi connectivity index (χ0v) is 9.95. The first-order valence-corrected chi connectivity index (χ1v) is 6.10. The van der Waals surface area contributed by atoms with Gasteiger partial charge in [-0.25, -0.2) is 0 Å². The van der Waals surface area contributed by atoms with Gasteiger partial charge >= 0.3 is 0 Å². The van der Waals surface area contributed by atoms with Crippen molar-refractivity contribution in [3.63, 3.8) is 0 Å². The third-order valence-electron chi connectivity index (χ3n) is 2.79. The molecule has 2 rings (SSSR count). The van der Waals surface area contributed by atoms with Crippen LogP contribution in [0, 0.1) is 0 Å². The van der Waals surface area contributed by atoms with E-state index in [2.05, 4.69) is 48.5 Å². The Morgan fingerprint density at radius 3 is 2.00 bits per heavy atom. The van der Waals surface area contributed by atoms with E-state index in [1.807, 2.05) is 6.07 Å². The zero-order chi connectivity index (χ0) is 11.2. The molecule has 0 nitrogen and oxygen atoms in total. The number of hydrogen-bond donors (Lipinski definition) is 0. The normalized spacial score (nSPS) is 10.3. The van der Waals surface area contributed by atoms with Crippen LogP contribution in [0.4, 0.5) is 0 Å². The summed E-state index contributed by atoms with van der Waals surface area (Å²) in [5, 5.41) is 0. The number of hydrogen-bond acceptors (Lipinski definition) is 0. The maximum Gasteiger partial charge on any atom is 0.0476 e. The molecule has 0 aliphatic carbocycles. The predicted molar refractivity (Wildman–Crippen MR) is 69.8 cm³/mol. The van der Waals surface area contributed by atoms with Crippen LogP contribution in [0.2, 0.25) is 0 Å². The van der Waals surface area contributed by atoms with E-state index in [4.69, 9.17) is 11.6 Å². The van der Waals surface area contributed by atoms with E-state index in [1.165, 1.54) is 16.7 Å². The molecule has 0 saturated carbocycles. The Labute approximate surface area is 102 Å². The molecule has 0 bridgehead atoms. The summed E-state index contributed by atoms with van der Waals surface area (Å²) in [5.74, 6) is 0.602. The molecule has 1 heteroatoms. The summed E-state index contributed by atoms with van der Waals surface area (Å²) in [6.45, 7) is 0. The van der Waals surface area contributed by atoms with Crippen LogP contribution in [-0.4, -0.2) is 0 Å². The zero-order valence-electron chi connectivity index (χ0n) is 9.20. The van der Waals surface area contributed by atoms with Gasteiger partial charge in [0.25, 0.3) is 0 Å². The third-order valence-corrected chi connectivity index (χ3v) is 3.08. The predicted octanol–water partition coefficient (Wildman–Crippen LogP) is 4.21. The molecular weight excluding hydrogens is 216 g/mol. The first-order chi connectivity index (χ1) is 7.90. The fourth-order valence-electron chi connectivity index (χ4n) is 1.86. The Balaban J connectivity index is 2.05. The molecule has 0 heterocycles. The van der Waals surface area contributed by atoms with Gasteiger partial charge in [-0.3, -0.25) is 0 Å². The highest BCUT2D eigenvalue weighted by Crippen LogP contribution is 2.14. The van der Waals surface area contributed by atoms with Crippen LogP contribution < -0.4 is 0 Å². The van der Waals surface area contributed by atoms with Crippen molar-refractivity contribution in [2.75, 3.05) is 0 Å². The molecule has 0 amide bonds. The standard InChI is InChI=1S/C15H15Cl/c16-12-15-9-5-4-8-14(15)11-10-13-6-2-1-3-7-13/h1-9H,10-12H2. The number of alkyl halides is 1. The minimum atomic E-state index is 0.602. The summed E-state index contributed by atoms with van der Waals surface area (Å²) in [5.41, 5.74) is 3.99. The molecule has 2 aromatic rings. The first-order valence-electron chi connectivity index (χ1n) is 5.57. The largest absolute Gasteiger partial charge is 0.122 e. The van der Waals surface area contributed by atoms with Crippen LogP contribution in [0.15, 0.2) is 54.6 Å². The van der Waals surface area contributed by atoms with Gasteiger partial charge in [-0.05, 0) is 29.5 Å². The minimum absolute atomic E-state index is 0.602. The quantitative estimate of drug-likeness (QED) is 0.691. The summed E-state index contributed by atoms with van der Waals surface area (Å²) in [6, 6.07) is 19.0. The molecule has 0 saturated heterocycles. The maximum absolute atomic E-state index is 5.91. The van der Waals surface area contributed by atoms with Gasteiger partial charge in [0.05, 0.1) is 0 Å². The molecule has 0 atom stereocenters. The molecule has 0 aliphatic heterocycles. The van der Waals surface area contributed by atoms with Gasteiger partial charge in [0.1, 0.15) is 0 Å². The van der Waals surface area contributed by atoms with E-state index in [0.29, 0.717) is 5.88 Å². The van der Waals surface area contributed by atoms with E-state index < -0.39 is 0 Å². The summed E-state index contributed by atoms with van der Waals surface area (Å²) in [4.78, 5) is 0. The SMILES string of the molecule is ClCc1ccccc1CCc1ccccc1. The van der Waals surface area contributed by atoms with Gasteiger partial charge in [0.2, 0.25) is 0 Å². The molecule has 0 aliphatic rings. The van der Waals surface area contributed by atoms with Crippen LogP contribution >= 0.6 is 11.6 Å². The highest BCUT2D eigenvalue weighted by atomic mass is 35.5. The molecule has 0 aromatic heterocycles. The van der Waals surface area contributed by atoms with Crippen molar-refractivity contribution in [1.82, 2.24) is 0 Å². The van der Waals surface area contributed by atoms with E-state index >= 15 is 0 Å². The van der Waals surface area contributed by atoms with Gasteiger partial charge < -0.3 is 0 Å². The molecule has 16 heavy (non-hydrogen) atoms. The van der Waals surface area contributed by atoms with Gasteiger partial charge in [-0.2, -0.15) is 0 Å². The Morgan fingerprint density at radius 1 is 0.688 bits per heavy atom. The lowest BCUT2D eigenvalue weighted by Gasteiger charge is -2.06. The van der Waals surface area contributed by atoms with Crippen molar-refractivity contribution in [1.29, 1.82) is 0 Å². The van der Waals surface area contributed by atoms with Crippen molar-refractivity contribution >= 4 is 11.6 Å². The van der Waals surface area contributed by atoms with Crippen molar-refractivity contribution in [2.24, 2.45) is 0 Å². The van der Waals surface area contributed by atoms with Crippen LogP contribution in [0.1, 0.15) is 16.7 Å². The molecule has 2 aromatic carbocycles. The minimum Gasteiger partial charge on any atom is -0.122 e. The molecular formula is C15H15Cl. The maximum atomic E-state index is 5.91. The second-order valence-electron chi connectivity index (χ2n) is 3.89. The first kappa shape index (κ1) is 11.2. The Bertz CT molecular complexity index is 434. The topological polar surface area (TPSA) is 0 Å². The number of aryl methyl sites for hydroxylation is 2. The van der Waals surface area contributed by atoms with Crippen molar-refractivity contribution in [2.45, 2.75) is 18.7 Å². The fraction of sp³-hybridized carbons (Fsp3) is 0.200. The van der Waals surface area contributed by atoms with Gasteiger partial charge in [0, 0.05) is 5.88 Å². The molecule has 0 spiro atoms. The number of benzene rings is 2. The molecule has 0 fully saturated rings. The third kappa shape index (κ3) is 2.86. The Hall–Kier alpha value is -1.27. The number of halogens is 1. The molecule has 0 N–H and O–H groups in total. The van der Waals surface area contributed by atoms with E-state index in [0.717, 1.165) is 12.8 Å². The van der Waals surface area contributed by atoms with E-state index in [9.17, 15) is 0 Å². The number of rotatable bonds is 4. The lowest BCUT2D eigenvalue weighted by Crippen LogP contribution is -1.95. The van der Waals surface area contributed by atoms with Gasteiger partial charge in [0.15, 0.2) is 0 Å². The van der Waals surface area contributed by atoms with Crippen LogP contribution in [-0.2, 0) is 18.7 Å². The molecule has 0 radical (unpaired) electrons. The van der Waals surface area contributed by atoms with Crippen LogP contribution in [0.3, 0.4) is 0 Å². The van der Waals surface area contributed by atoms with Crippen molar-refractivity contribution in [3.05, 3.63) is 71.3 Å². The summed E-state index contributed by atoms with van der Waals surface area (Å²) < 4.78 is 0. The monoisotopic (exact) mass is 230 g/mol. The Kier molecular flexibility index (Phi) is 4.01. The summed E-state index contributed by atoms with van der Waals surface area (Å²) in [7, 11) is 0. The van der Waals surface area contributed by atoms with Crippen LogP contribution in [0.5, 0.6) is 0 Å². The van der Waals surface area contributed by atoms with E-state index in [1.54, 1.807) is 0 Å². The lowest BCUT2D eigenvalue weighted by molar-refractivity contribution is 0.946. The average molecular weight is 231 g/mol. The van der Waals surface area contributed by atoms with Crippen molar-refractivity contribution in [3.8, 4) is 0 Å². The second-order valence-corrected chi connectivity index (χ2v) is 4.16. The van der Waals surface area contributed by atoms with Crippen molar-refractivity contribution < 1.29 is 0 Å². The average Bonchev–Trinajstić information content (AvgIpc) is 2.38. The highest BCUT2D eigenvalue weighted by molar-refractivity contribution is 6.17. The fourth-order valence-corrected chi connectivity index (χ4v) is 2.12. The summed E-state index contributed by atoms with van der Waals surface area (Å²) in [6.07, 6.45) is 2.14. The van der Waals surface area contributed by atoms with E-state index in [-0.39, 0.29) is 0 Å². The Morgan fingerprint density at radius 2 is 1.31 bits per heavy atom. The smallest absolute Gasteiger partial charge is 0.0476 e. The summed E-state index contributed by atoms with van der Waals surface area (Å²) >= 11 is 5.91. The van der Waals surface area contributed by atoms with Gasteiger partial charge in [-0.1, -0.05) is 54.6 Å².